The number of aromatic carboxylic acids is 1. The van der Waals surface area contributed by atoms with Crippen molar-refractivity contribution in [3.63, 3.8) is 0 Å². The molecule has 0 aliphatic carbocycles. The van der Waals surface area contributed by atoms with Gasteiger partial charge in [0.05, 0.1) is 6.54 Å². The van der Waals surface area contributed by atoms with E-state index < -0.39 is 5.97 Å². The van der Waals surface area contributed by atoms with Gasteiger partial charge in [0.15, 0.2) is 5.69 Å². The molecule has 100 valence electrons. The van der Waals surface area contributed by atoms with E-state index in [2.05, 4.69) is 10.3 Å². The second-order valence-electron chi connectivity index (χ2n) is 3.98. The van der Waals surface area contributed by atoms with Crippen LogP contribution in [0.2, 0.25) is 0 Å². The molecule has 0 fully saturated rings. The Morgan fingerprint density at radius 2 is 2.33 bits per heavy atom. The standard InChI is InChI=1S/C11H17N3O3S/c1-7(3-2-4-12)10(15)13-5-9-14-8(6-18-9)11(16)17/h6-7H,2-5,12H2,1H3,(H,13,15)(H,16,17). The summed E-state index contributed by atoms with van der Waals surface area (Å²) >= 11 is 1.22. The number of carboxylic acid groups (broad SMARTS) is 1. The van der Waals surface area contributed by atoms with Crippen LogP contribution in [0.3, 0.4) is 0 Å². The maximum atomic E-state index is 11.7. The first kappa shape index (κ1) is 14.6. The van der Waals surface area contributed by atoms with E-state index in [0.29, 0.717) is 11.6 Å². The molecule has 0 aliphatic heterocycles. The van der Waals surface area contributed by atoms with Gasteiger partial charge < -0.3 is 16.2 Å². The van der Waals surface area contributed by atoms with E-state index in [1.807, 2.05) is 6.92 Å². The normalized spacial score (nSPS) is 12.1. The van der Waals surface area contributed by atoms with Gasteiger partial charge in [-0.25, -0.2) is 9.78 Å². The Balaban J connectivity index is 2.39. The Morgan fingerprint density at radius 3 is 2.89 bits per heavy atom. The summed E-state index contributed by atoms with van der Waals surface area (Å²) in [6.07, 6.45) is 1.57. The smallest absolute Gasteiger partial charge is 0.355 e. The number of carboxylic acids is 1. The van der Waals surface area contributed by atoms with E-state index in [1.165, 1.54) is 16.7 Å². The molecule has 0 aliphatic rings. The van der Waals surface area contributed by atoms with Gasteiger partial charge in [-0.3, -0.25) is 4.79 Å². The number of rotatable bonds is 7. The third-order valence-electron chi connectivity index (χ3n) is 2.47. The van der Waals surface area contributed by atoms with Crippen LogP contribution in [0.5, 0.6) is 0 Å². The number of carbonyl (C=O) groups excluding carboxylic acids is 1. The lowest BCUT2D eigenvalue weighted by Crippen LogP contribution is -2.29. The molecule has 0 radical (unpaired) electrons. The quantitative estimate of drug-likeness (QED) is 0.681. The minimum Gasteiger partial charge on any atom is -0.476 e. The maximum Gasteiger partial charge on any atom is 0.355 e. The fourth-order valence-corrected chi connectivity index (χ4v) is 2.09. The van der Waals surface area contributed by atoms with E-state index in [9.17, 15) is 9.59 Å². The third kappa shape index (κ3) is 4.42. The molecular weight excluding hydrogens is 254 g/mol. The average Bonchev–Trinajstić information content (AvgIpc) is 2.81. The Hall–Kier alpha value is -1.47. The molecular formula is C11H17N3O3S. The van der Waals surface area contributed by atoms with Gasteiger partial charge in [-0.1, -0.05) is 6.92 Å². The predicted molar refractivity (Wildman–Crippen MR) is 68.4 cm³/mol. The molecule has 1 heterocycles. The summed E-state index contributed by atoms with van der Waals surface area (Å²) in [5, 5.41) is 13.5. The van der Waals surface area contributed by atoms with Crippen LogP contribution in [-0.2, 0) is 11.3 Å². The molecule has 0 bridgehead atoms. The van der Waals surface area contributed by atoms with Crippen LogP contribution in [0.1, 0.15) is 35.3 Å². The van der Waals surface area contributed by atoms with Gasteiger partial charge >= 0.3 is 5.97 Å². The van der Waals surface area contributed by atoms with Crippen molar-refractivity contribution in [3.8, 4) is 0 Å². The summed E-state index contributed by atoms with van der Waals surface area (Å²) in [5.74, 6) is -1.21. The highest BCUT2D eigenvalue weighted by Gasteiger charge is 2.13. The topological polar surface area (TPSA) is 105 Å². The van der Waals surface area contributed by atoms with Crippen LogP contribution >= 0.6 is 11.3 Å². The Morgan fingerprint density at radius 1 is 1.61 bits per heavy atom. The van der Waals surface area contributed by atoms with Crippen LogP contribution in [0.25, 0.3) is 0 Å². The van der Waals surface area contributed by atoms with E-state index >= 15 is 0 Å². The van der Waals surface area contributed by atoms with Crippen LogP contribution in [0.15, 0.2) is 5.38 Å². The maximum absolute atomic E-state index is 11.7. The van der Waals surface area contributed by atoms with Crippen LogP contribution in [0, 0.1) is 5.92 Å². The van der Waals surface area contributed by atoms with Gasteiger partial charge in [0.2, 0.25) is 5.91 Å². The van der Waals surface area contributed by atoms with E-state index in [4.69, 9.17) is 10.8 Å². The van der Waals surface area contributed by atoms with Gasteiger partial charge in [-0.15, -0.1) is 11.3 Å². The number of aromatic nitrogens is 1. The lowest BCUT2D eigenvalue weighted by Gasteiger charge is -2.10. The largest absolute Gasteiger partial charge is 0.476 e. The van der Waals surface area contributed by atoms with Crippen LogP contribution in [-0.4, -0.2) is 28.5 Å². The number of amides is 1. The first-order valence-corrected chi connectivity index (χ1v) is 6.58. The highest BCUT2D eigenvalue weighted by atomic mass is 32.1. The second-order valence-corrected chi connectivity index (χ2v) is 4.92. The first-order valence-electron chi connectivity index (χ1n) is 5.70. The highest BCUT2D eigenvalue weighted by Crippen LogP contribution is 2.10. The van der Waals surface area contributed by atoms with Crippen molar-refractivity contribution in [2.45, 2.75) is 26.3 Å². The van der Waals surface area contributed by atoms with Crippen molar-refractivity contribution in [1.29, 1.82) is 0 Å². The lowest BCUT2D eigenvalue weighted by molar-refractivity contribution is -0.124. The zero-order valence-electron chi connectivity index (χ0n) is 10.2. The number of hydrogen-bond donors (Lipinski definition) is 3. The molecule has 1 atom stereocenters. The van der Waals surface area contributed by atoms with E-state index in [0.717, 1.165) is 12.8 Å². The molecule has 18 heavy (non-hydrogen) atoms. The number of carbonyl (C=O) groups is 2. The molecule has 0 saturated heterocycles. The number of hydrogen-bond acceptors (Lipinski definition) is 5. The van der Waals surface area contributed by atoms with Crippen molar-refractivity contribution >= 4 is 23.2 Å². The zero-order valence-corrected chi connectivity index (χ0v) is 11.0. The molecule has 1 amide bonds. The van der Waals surface area contributed by atoms with Crippen molar-refractivity contribution in [2.24, 2.45) is 11.7 Å². The van der Waals surface area contributed by atoms with E-state index in [1.54, 1.807) is 0 Å². The minimum atomic E-state index is -1.06. The van der Waals surface area contributed by atoms with Gasteiger partial charge in [0, 0.05) is 11.3 Å². The zero-order chi connectivity index (χ0) is 13.5. The summed E-state index contributed by atoms with van der Waals surface area (Å²) in [6, 6.07) is 0. The lowest BCUT2D eigenvalue weighted by atomic mass is 10.1. The number of nitrogens with two attached hydrogens (primary N) is 1. The first-order chi connectivity index (χ1) is 8.54. The fourth-order valence-electron chi connectivity index (χ4n) is 1.38. The number of nitrogens with zero attached hydrogens (tertiary/aromatic N) is 1. The molecule has 1 aromatic rings. The average molecular weight is 271 g/mol. The fraction of sp³-hybridized carbons (Fsp3) is 0.545. The summed E-state index contributed by atoms with van der Waals surface area (Å²) in [6.45, 7) is 2.69. The van der Waals surface area contributed by atoms with Crippen molar-refractivity contribution < 1.29 is 14.7 Å². The second kappa shape index (κ2) is 7.07. The minimum absolute atomic E-state index is 0.0143. The molecule has 7 heteroatoms. The molecule has 0 aromatic carbocycles. The van der Waals surface area contributed by atoms with Crippen molar-refractivity contribution in [2.75, 3.05) is 6.54 Å². The summed E-state index contributed by atoms with van der Waals surface area (Å²) in [5.41, 5.74) is 5.39. The molecule has 6 nitrogen and oxygen atoms in total. The van der Waals surface area contributed by atoms with Crippen molar-refractivity contribution in [1.82, 2.24) is 10.3 Å². The molecule has 0 saturated carbocycles. The van der Waals surface area contributed by atoms with Gasteiger partial charge in [-0.05, 0) is 19.4 Å². The molecule has 1 unspecified atom stereocenters. The highest BCUT2D eigenvalue weighted by molar-refractivity contribution is 7.09. The summed E-state index contributed by atoms with van der Waals surface area (Å²) in [4.78, 5) is 26.2. The Bertz CT molecular complexity index is 419. The monoisotopic (exact) mass is 271 g/mol. The SMILES string of the molecule is CC(CCCN)C(=O)NCc1nc(C(=O)O)cs1. The number of nitrogens with one attached hydrogen (secondary N) is 1. The third-order valence-corrected chi connectivity index (χ3v) is 3.32. The Labute approximate surface area is 109 Å². The van der Waals surface area contributed by atoms with Crippen LogP contribution < -0.4 is 11.1 Å². The predicted octanol–water partition coefficient (Wildman–Crippen LogP) is 0.832. The van der Waals surface area contributed by atoms with Gasteiger partial charge in [0.25, 0.3) is 0 Å². The summed E-state index contributed by atoms with van der Waals surface area (Å²) in [7, 11) is 0. The summed E-state index contributed by atoms with van der Waals surface area (Å²) < 4.78 is 0. The van der Waals surface area contributed by atoms with Crippen LogP contribution in [0.4, 0.5) is 0 Å². The molecule has 1 rings (SSSR count). The Kier molecular flexibility index (Phi) is 5.73. The van der Waals surface area contributed by atoms with Gasteiger partial charge in [0.1, 0.15) is 5.01 Å². The molecule has 1 aromatic heterocycles. The molecule has 4 N–H and O–H groups in total. The van der Waals surface area contributed by atoms with Gasteiger partial charge in [-0.2, -0.15) is 0 Å². The number of thiazole rings is 1. The van der Waals surface area contributed by atoms with Crippen molar-refractivity contribution in [3.05, 3.63) is 16.1 Å². The molecule has 0 spiro atoms. The van der Waals surface area contributed by atoms with E-state index in [-0.39, 0.29) is 24.1 Å².